The highest BCUT2D eigenvalue weighted by Gasteiger charge is 2.28. The first-order valence-electron chi connectivity index (χ1n) is 11.2. The van der Waals surface area contributed by atoms with Crippen molar-refractivity contribution in [3.8, 4) is 11.1 Å². The first-order valence-corrected chi connectivity index (χ1v) is 12.1. The molecule has 1 atom stereocenters. The number of carbonyl (C=O) groups excluding carboxylic acids is 2. The second kappa shape index (κ2) is 8.83. The van der Waals surface area contributed by atoms with E-state index in [1.165, 1.54) is 11.3 Å². The van der Waals surface area contributed by atoms with E-state index in [2.05, 4.69) is 29.4 Å². The largest absolute Gasteiger partial charge is 0.346 e. The van der Waals surface area contributed by atoms with Crippen molar-refractivity contribution in [2.24, 2.45) is 0 Å². The monoisotopic (exact) mass is 458 g/mol. The Morgan fingerprint density at radius 2 is 1.97 bits per heavy atom. The Hall–Kier alpha value is -3.45. The summed E-state index contributed by atoms with van der Waals surface area (Å²) in [4.78, 5) is 33.7. The van der Waals surface area contributed by atoms with E-state index in [1.807, 2.05) is 64.2 Å². The number of nitrogens with zero attached hydrogens (tertiary/aromatic N) is 3. The molecule has 2 aromatic carbocycles. The molecule has 2 amide bonds. The fourth-order valence-corrected chi connectivity index (χ4v) is 5.36. The lowest BCUT2D eigenvalue weighted by molar-refractivity contribution is 0.0675. The summed E-state index contributed by atoms with van der Waals surface area (Å²) in [6, 6.07) is 15.9. The molecule has 3 heterocycles. The molecular weight excluding hydrogens is 432 g/mol. The number of imidazole rings is 1. The molecular formula is C26H26N4O2S. The number of benzene rings is 2. The summed E-state index contributed by atoms with van der Waals surface area (Å²) in [5.74, 6) is -0.135. The van der Waals surface area contributed by atoms with Gasteiger partial charge in [-0.15, -0.1) is 11.3 Å². The maximum Gasteiger partial charge on any atom is 0.270 e. The summed E-state index contributed by atoms with van der Waals surface area (Å²) in [5.41, 5.74) is 5.12. The van der Waals surface area contributed by atoms with Crippen LogP contribution in [-0.2, 0) is 0 Å². The lowest BCUT2D eigenvalue weighted by Gasteiger charge is -2.33. The third-order valence-corrected chi connectivity index (χ3v) is 6.94. The van der Waals surface area contributed by atoms with Crippen molar-refractivity contribution in [2.45, 2.75) is 32.7 Å². The van der Waals surface area contributed by atoms with Crippen LogP contribution in [-0.4, -0.2) is 45.2 Å². The van der Waals surface area contributed by atoms with Gasteiger partial charge in [-0.05, 0) is 43.9 Å². The van der Waals surface area contributed by atoms with Crippen LogP contribution in [0.1, 0.15) is 44.9 Å². The SMILES string of the molecule is Cc1cccc(-c2ccccc2C(=O)N2CCC[C@@H](NC(=O)c3c(C)nc4sccn34)C2)c1. The van der Waals surface area contributed by atoms with E-state index < -0.39 is 0 Å². The summed E-state index contributed by atoms with van der Waals surface area (Å²) < 4.78 is 1.83. The first kappa shape index (κ1) is 21.4. The molecule has 168 valence electrons. The maximum atomic E-state index is 13.5. The van der Waals surface area contributed by atoms with Gasteiger partial charge in [0, 0.05) is 36.3 Å². The van der Waals surface area contributed by atoms with E-state index in [9.17, 15) is 9.59 Å². The van der Waals surface area contributed by atoms with Gasteiger partial charge in [0.15, 0.2) is 4.96 Å². The summed E-state index contributed by atoms with van der Waals surface area (Å²) in [6.45, 7) is 5.09. The smallest absolute Gasteiger partial charge is 0.270 e. The standard InChI is InChI=1S/C26H26N4O2S/c1-17-7-5-8-19(15-17)21-10-3-4-11-22(21)25(32)29-12-6-9-20(16-29)28-24(31)23-18(2)27-26-30(23)13-14-33-26/h3-5,7-8,10-11,13-15,20H,6,9,12,16H2,1-2H3,(H,28,31)/t20-/m1/s1. The van der Waals surface area contributed by atoms with Crippen LogP contribution in [0.25, 0.3) is 16.1 Å². The van der Waals surface area contributed by atoms with E-state index in [-0.39, 0.29) is 17.9 Å². The van der Waals surface area contributed by atoms with E-state index in [0.29, 0.717) is 24.3 Å². The van der Waals surface area contributed by atoms with Crippen LogP contribution in [0, 0.1) is 13.8 Å². The molecule has 0 aliphatic carbocycles. The van der Waals surface area contributed by atoms with E-state index in [4.69, 9.17) is 0 Å². The Kier molecular flexibility index (Phi) is 5.72. The number of fused-ring (bicyclic) bond motifs is 1. The molecule has 4 aromatic rings. The topological polar surface area (TPSA) is 66.7 Å². The lowest BCUT2D eigenvalue weighted by atomic mass is 9.96. The minimum atomic E-state index is -0.141. The van der Waals surface area contributed by atoms with Crippen molar-refractivity contribution in [3.63, 3.8) is 0 Å². The van der Waals surface area contributed by atoms with Crippen LogP contribution in [0.15, 0.2) is 60.1 Å². The molecule has 1 fully saturated rings. The lowest BCUT2D eigenvalue weighted by Crippen LogP contribution is -2.50. The number of aryl methyl sites for hydroxylation is 2. The van der Waals surface area contributed by atoms with E-state index >= 15 is 0 Å². The third kappa shape index (κ3) is 4.16. The van der Waals surface area contributed by atoms with Crippen LogP contribution < -0.4 is 5.32 Å². The molecule has 0 unspecified atom stereocenters. The zero-order valence-corrected chi connectivity index (χ0v) is 19.6. The van der Waals surface area contributed by atoms with Gasteiger partial charge in [0.1, 0.15) is 5.69 Å². The Morgan fingerprint density at radius 3 is 2.82 bits per heavy atom. The fourth-order valence-electron chi connectivity index (χ4n) is 4.60. The number of thiazole rings is 1. The number of hydrogen-bond acceptors (Lipinski definition) is 4. The fraction of sp³-hybridized carbons (Fsp3) is 0.269. The summed E-state index contributed by atoms with van der Waals surface area (Å²) in [6.07, 6.45) is 3.57. The molecule has 1 aliphatic rings. The molecule has 7 heteroatoms. The number of likely N-dealkylation sites (tertiary alicyclic amines) is 1. The van der Waals surface area contributed by atoms with Crippen LogP contribution in [0.2, 0.25) is 0 Å². The Labute approximate surface area is 196 Å². The van der Waals surface area contributed by atoms with Crippen molar-refractivity contribution in [1.82, 2.24) is 19.6 Å². The van der Waals surface area contributed by atoms with Crippen molar-refractivity contribution in [3.05, 3.63) is 82.6 Å². The summed E-state index contributed by atoms with van der Waals surface area (Å²) in [7, 11) is 0. The predicted octanol–water partition coefficient (Wildman–Crippen LogP) is 4.71. The highest BCUT2D eigenvalue weighted by atomic mass is 32.1. The Balaban J connectivity index is 1.34. The molecule has 33 heavy (non-hydrogen) atoms. The van der Waals surface area contributed by atoms with Gasteiger partial charge in [-0.3, -0.25) is 14.0 Å². The van der Waals surface area contributed by atoms with Crippen LogP contribution in [0.4, 0.5) is 0 Å². The number of rotatable bonds is 4. The average Bonchev–Trinajstić information content (AvgIpc) is 3.38. The van der Waals surface area contributed by atoms with Gasteiger partial charge < -0.3 is 10.2 Å². The van der Waals surface area contributed by atoms with Crippen LogP contribution in [0.5, 0.6) is 0 Å². The number of nitrogens with one attached hydrogen (secondary N) is 1. The van der Waals surface area contributed by atoms with Gasteiger partial charge >= 0.3 is 0 Å². The molecule has 6 nitrogen and oxygen atoms in total. The summed E-state index contributed by atoms with van der Waals surface area (Å²) >= 11 is 1.51. The Morgan fingerprint density at radius 1 is 1.12 bits per heavy atom. The van der Waals surface area contributed by atoms with Crippen molar-refractivity contribution < 1.29 is 9.59 Å². The highest BCUT2D eigenvalue weighted by Crippen LogP contribution is 2.27. The second-order valence-corrected chi connectivity index (χ2v) is 9.45. The first-order chi connectivity index (χ1) is 16.0. The average molecular weight is 459 g/mol. The Bertz CT molecular complexity index is 1340. The minimum Gasteiger partial charge on any atom is -0.346 e. The zero-order chi connectivity index (χ0) is 22.9. The molecule has 1 saturated heterocycles. The van der Waals surface area contributed by atoms with Gasteiger partial charge in [0.2, 0.25) is 0 Å². The second-order valence-electron chi connectivity index (χ2n) is 8.58. The maximum absolute atomic E-state index is 13.5. The number of hydrogen-bond donors (Lipinski definition) is 1. The molecule has 0 radical (unpaired) electrons. The molecule has 0 bridgehead atoms. The third-order valence-electron chi connectivity index (χ3n) is 6.18. The van der Waals surface area contributed by atoms with Crippen molar-refractivity contribution in [1.29, 1.82) is 0 Å². The molecule has 2 aromatic heterocycles. The van der Waals surface area contributed by atoms with Gasteiger partial charge in [0.25, 0.3) is 11.8 Å². The van der Waals surface area contributed by atoms with Gasteiger partial charge in [-0.1, -0.05) is 48.0 Å². The van der Waals surface area contributed by atoms with E-state index in [1.54, 1.807) is 0 Å². The minimum absolute atomic E-state index is 0.00631. The normalized spacial score (nSPS) is 16.2. The summed E-state index contributed by atoms with van der Waals surface area (Å²) in [5, 5.41) is 5.07. The molecule has 1 N–H and O–H groups in total. The van der Waals surface area contributed by atoms with Crippen LogP contribution in [0.3, 0.4) is 0 Å². The molecule has 0 saturated carbocycles. The van der Waals surface area contributed by atoms with Crippen molar-refractivity contribution >= 4 is 28.1 Å². The van der Waals surface area contributed by atoms with E-state index in [0.717, 1.165) is 40.2 Å². The highest BCUT2D eigenvalue weighted by molar-refractivity contribution is 7.15. The van der Waals surface area contributed by atoms with Gasteiger partial charge in [-0.25, -0.2) is 4.98 Å². The van der Waals surface area contributed by atoms with Gasteiger partial charge in [0.05, 0.1) is 5.69 Å². The number of piperidine rings is 1. The number of carbonyl (C=O) groups is 2. The molecule has 0 spiro atoms. The van der Waals surface area contributed by atoms with Crippen molar-refractivity contribution in [2.75, 3.05) is 13.1 Å². The molecule has 5 rings (SSSR count). The quantitative estimate of drug-likeness (QED) is 0.481. The zero-order valence-electron chi connectivity index (χ0n) is 18.7. The number of aromatic nitrogens is 2. The number of amides is 2. The van der Waals surface area contributed by atoms with Gasteiger partial charge in [-0.2, -0.15) is 0 Å². The molecule has 1 aliphatic heterocycles. The van der Waals surface area contributed by atoms with Crippen LogP contribution >= 0.6 is 11.3 Å². The predicted molar refractivity (Wildman–Crippen MR) is 131 cm³/mol.